The zero-order valence-corrected chi connectivity index (χ0v) is 16.2. The topological polar surface area (TPSA) is 49.4 Å². The third-order valence-electron chi connectivity index (χ3n) is 5.29. The number of carbonyl (C=O) groups excluding carboxylic acids is 2. The SMILES string of the molecule is C#CC(=O)N(c1ccccc1C)[C@H](C(=O)NC1CCCCC1)c1ccccc1. The van der Waals surface area contributed by atoms with Gasteiger partial charge in [-0.25, -0.2) is 0 Å². The van der Waals surface area contributed by atoms with Gasteiger partial charge in [-0.15, -0.1) is 6.42 Å². The van der Waals surface area contributed by atoms with Gasteiger partial charge < -0.3 is 5.32 Å². The minimum atomic E-state index is -0.812. The predicted molar refractivity (Wildman–Crippen MR) is 112 cm³/mol. The normalized spacial score (nSPS) is 15.3. The number of carbonyl (C=O) groups is 2. The van der Waals surface area contributed by atoms with Crippen molar-refractivity contribution < 1.29 is 9.59 Å². The fraction of sp³-hybridized carbons (Fsp3) is 0.333. The summed E-state index contributed by atoms with van der Waals surface area (Å²) in [4.78, 5) is 27.6. The lowest BCUT2D eigenvalue weighted by Gasteiger charge is -2.33. The van der Waals surface area contributed by atoms with Crippen molar-refractivity contribution in [2.24, 2.45) is 0 Å². The molecule has 3 rings (SSSR count). The molecule has 1 fully saturated rings. The summed E-state index contributed by atoms with van der Waals surface area (Å²) < 4.78 is 0. The molecule has 0 radical (unpaired) electrons. The van der Waals surface area contributed by atoms with E-state index in [1.165, 1.54) is 11.3 Å². The van der Waals surface area contributed by atoms with Crippen LogP contribution in [0.25, 0.3) is 0 Å². The van der Waals surface area contributed by atoms with Crippen molar-refractivity contribution in [2.75, 3.05) is 4.90 Å². The summed E-state index contributed by atoms with van der Waals surface area (Å²) in [5, 5.41) is 3.16. The largest absolute Gasteiger partial charge is 0.351 e. The number of amides is 2. The van der Waals surface area contributed by atoms with E-state index in [1.807, 2.05) is 61.5 Å². The number of benzene rings is 2. The number of terminal acetylenes is 1. The minimum Gasteiger partial charge on any atom is -0.351 e. The Hall–Kier alpha value is -3.06. The summed E-state index contributed by atoms with van der Waals surface area (Å²) in [6.07, 6.45) is 10.9. The van der Waals surface area contributed by atoms with Crippen LogP contribution in [0, 0.1) is 19.3 Å². The van der Waals surface area contributed by atoms with Crippen LogP contribution in [0.5, 0.6) is 0 Å². The van der Waals surface area contributed by atoms with E-state index in [9.17, 15) is 9.59 Å². The van der Waals surface area contributed by atoms with Gasteiger partial charge in [0, 0.05) is 11.7 Å². The monoisotopic (exact) mass is 374 g/mol. The summed E-state index contributed by atoms with van der Waals surface area (Å²) in [6.45, 7) is 1.91. The van der Waals surface area contributed by atoms with Crippen molar-refractivity contribution >= 4 is 17.5 Å². The number of para-hydroxylation sites is 1. The zero-order chi connectivity index (χ0) is 19.9. The van der Waals surface area contributed by atoms with Crippen molar-refractivity contribution in [1.82, 2.24) is 5.32 Å². The van der Waals surface area contributed by atoms with Crippen LogP contribution in [0.4, 0.5) is 5.69 Å². The van der Waals surface area contributed by atoms with Crippen LogP contribution < -0.4 is 10.2 Å². The first kappa shape index (κ1) is 19.7. The predicted octanol–water partition coefficient (Wildman–Crippen LogP) is 4.15. The van der Waals surface area contributed by atoms with Gasteiger partial charge >= 0.3 is 5.91 Å². The van der Waals surface area contributed by atoms with Crippen LogP contribution in [-0.2, 0) is 9.59 Å². The molecule has 1 aliphatic carbocycles. The summed E-state index contributed by atoms with van der Waals surface area (Å²) >= 11 is 0. The Kier molecular flexibility index (Phi) is 6.49. The number of hydrogen-bond donors (Lipinski definition) is 1. The minimum absolute atomic E-state index is 0.145. The van der Waals surface area contributed by atoms with Gasteiger partial charge in [0.15, 0.2) is 0 Å². The Morgan fingerprint density at radius 3 is 2.32 bits per heavy atom. The molecule has 2 aromatic carbocycles. The number of hydrogen-bond acceptors (Lipinski definition) is 2. The first-order valence-corrected chi connectivity index (χ1v) is 9.82. The Bertz CT molecular complexity index is 864. The number of nitrogens with zero attached hydrogens (tertiary/aromatic N) is 1. The molecule has 4 heteroatoms. The second kappa shape index (κ2) is 9.23. The molecule has 1 atom stereocenters. The van der Waals surface area contributed by atoms with E-state index in [0.29, 0.717) is 5.69 Å². The summed E-state index contributed by atoms with van der Waals surface area (Å²) in [5.41, 5.74) is 2.28. The summed E-state index contributed by atoms with van der Waals surface area (Å²) in [5.74, 6) is 1.49. The average molecular weight is 374 g/mol. The molecule has 4 nitrogen and oxygen atoms in total. The first-order valence-electron chi connectivity index (χ1n) is 9.82. The molecule has 1 saturated carbocycles. The molecule has 0 aromatic heterocycles. The van der Waals surface area contributed by atoms with Gasteiger partial charge in [0.05, 0.1) is 0 Å². The van der Waals surface area contributed by atoms with Gasteiger partial charge in [-0.1, -0.05) is 67.8 Å². The third-order valence-corrected chi connectivity index (χ3v) is 5.29. The Labute approximate surface area is 166 Å². The van der Waals surface area contributed by atoms with E-state index in [2.05, 4.69) is 11.2 Å². The molecule has 144 valence electrons. The van der Waals surface area contributed by atoms with E-state index in [1.54, 1.807) is 0 Å². The standard InChI is InChI=1S/C24H26N2O2/c1-3-22(27)26(21-17-11-10-12-18(21)2)23(19-13-6-4-7-14-19)24(28)25-20-15-8-5-9-16-20/h1,4,6-7,10-14,17,20,23H,5,8-9,15-16H2,2H3,(H,25,28)/t23-/m0/s1. The second-order valence-electron chi connectivity index (χ2n) is 7.26. The van der Waals surface area contributed by atoms with Crippen LogP contribution >= 0.6 is 0 Å². The van der Waals surface area contributed by atoms with Gasteiger partial charge in [0.25, 0.3) is 0 Å². The van der Waals surface area contributed by atoms with Crippen LogP contribution in [0.15, 0.2) is 54.6 Å². The van der Waals surface area contributed by atoms with Crippen LogP contribution in [0.2, 0.25) is 0 Å². The molecular formula is C24H26N2O2. The first-order chi connectivity index (χ1) is 13.6. The molecule has 0 heterocycles. The van der Waals surface area contributed by atoms with Crippen molar-refractivity contribution in [3.8, 4) is 12.3 Å². The lowest BCUT2D eigenvalue weighted by molar-refractivity contribution is -0.125. The molecule has 0 spiro atoms. The number of nitrogens with one attached hydrogen (secondary N) is 1. The molecule has 28 heavy (non-hydrogen) atoms. The van der Waals surface area contributed by atoms with Gasteiger partial charge in [-0.05, 0) is 42.9 Å². The highest BCUT2D eigenvalue weighted by molar-refractivity contribution is 6.10. The van der Waals surface area contributed by atoms with Crippen molar-refractivity contribution in [1.29, 1.82) is 0 Å². The summed E-state index contributed by atoms with van der Waals surface area (Å²) in [7, 11) is 0. The molecule has 2 aromatic rings. The molecule has 0 bridgehead atoms. The highest BCUT2D eigenvalue weighted by atomic mass is 16.2. The second-order valence-corrected chi connectivity index (χ2v) is 7.26. The number of anilines is 1. The fourth-order valence-corrected chi connectivity index (χ4v) is 3.85. The van der Waals surface area contributed by atoms with E-state index < -0.39 is 11.9 Å². The van der Waals surface area contributed by atoms with Gasteiger partial charge in [-0.2, -0.15) is 0 Å². The molecule has 0 saturated heterocycles. The quantitative estimate of drug-likeness (QED) is 0.799. The molecular weight excluding hydrogens is 348 g/mol. The average Bonchev–Trinajstić information content (AvgIpc) is 2.73. The maximum Gasteiger partial charge on any atom is 0.303 e. The molecule has 0 aliphatic heterocycles. The number of rotatable bonds is 5. The van der Waals surface area contributed by atoms with E-state index in [-0.39, 0.29) is 11.9 Å². The van der Waals surface area contributed by atoms with E-state index in [0.717, 1.165) is 36.8 Å². The number of aryl methyl sites for hydroxylation is 1. The molecule has 1 aliphatic rings. The van der Waals surface area contributed by atoms with Crippen molar-refractivity contribution in [3.05, 3.63) is 65.7 Å². The molecule has 2 amide bonds. The Morgan fingerprint density at radius 1 is 1.04 bits per heavy atom. The lowest BCUT2D eigenvalue weighted by Crippen LogP contribution is -2.47. The van der Waals surface area contributed by atoms with Gasteiger partial charge in [-0.3, -0.25) is 14.5 Å². The van der Waals surface area contributed by atoms with Gasteiger partial charge in [0.1, 0.15) is 6.04 Å². The maximum atomic E-state index is 13.4. The highest BCUT2D eigenvalue weighted by Gasteiger charge is 2.34. The third kappa shape index (κ3) is 4.43. The Morgan fingerprint density at radius 2 is 1.68 bits per heavy atom. The highest BCUT2D eigenvalue weighted by Crippen LogP contribution is 2.31. The van der Waals surface area contributed by atoms with Gasteiger partial charge in [0.2, 0.25) is 5.91 Å². The van der Waals surface area contributed by atoms with Crippen molar-refractivity contribution in [2.45, 2.75) is 51.1 Å². The fourth-order valence-electron chi connectivity index (χ4n) is 3.85. The van der Waals surface area contributed by atoms with E-state index >= 15 is 0 Å². The summed E-state index contributed by atoms with van der Waals surface area (Å²) in [6, 6.07) is 16.2. The van der Waals surface area contributed by atoms with E-state index in [4.69, 9.17) is 6.42 Å². The van der Waals surface area contributed by atoms with Crippen molar-refractivity contribution in [3.63, 3.8) is 0 Å². The maximum absolute atomic E-state index is 13.4. The smallest absolute Gasteiger partial charge is 0.303 e. The molecule has 1 N–H and O–H groups in total. The van der Waals surface area contributed by atoms with Crippen LogP contribution in [0.3, 0.4) is 0 Å². The van der Waals surface area contributed by atoms with Crippen LogP contribution in [-0.4, -0.2) is 17.9 Å². The lowest BCUT2D eigenvalue weighted by atomic mass is 9.94. The molecule has 0 unspecified atom stereocenters. The van der Waals surface area contributed by atoms with Crippen LogP contribution in [0.1, 0.15) is 49.3 Å². The Balaban J connectivity index is 2.02. The zero-order valence-electron chi connectivity index (χ0n) is 16.2.